The number of ether oxygens (including phenoxy) is 1. The molecule has 0 spiro atoms. The average Bonchev–Trinajstić information content (AvgIpc) is 2.48. The molecule has 1 aromatic rings. The molecular formula is C16H27N3O. The van der Waals surface area contributed by atoms with Crippen LogP contribution in [0.4, 0.5) is 0 Å². The van der Waals surface area contributed by atoms with E-state index in [1.54, 1.807) is 0 Å². The van der Waals surface area contributed by atoms with E-state index in [1.165, 1.54) is 5.69 Å². The number of nitrogens with zero attached hydrogens (tertiary/aromatic N) is 2. The van der Waals surface area contributed by atoms with Crippen LogP contribution in [-0.2, 0) is 17.8 Å². The fraction of sp³-hybridized carbons (Fsp3) is 0.688. The highest BCUT2D eigenvalue weighted by Crippen LogP contribution is 2.15. The number of piperidine rings is 1. The van der Waals surface area contributed by atoms with E-state index in [-0.39, 0.29) is 0 Å². The number of rotatable bonds is 7. The Kier molecular flexibility index (Phi) is 6.43. The van der Waals surface area contributed by atoms with Crippen molar-refractivity contribution in [2.24, 2.45) is 0 Å². The summed E-state index contributed by atoms with van der Waals surface area (Å²) in [5, 5.41) is 3.32. The van der Waals surface area contributed by atoms with Crippen LogP contribution in [0.15, 0.2) is 18.2 Å². The molecule has 1 N–H and O–H groups in total. The highest BCUT2D eigenvalue weighted by atomic mass is 16.5. The molecule has 0 unspecified atom stereocenters. The van der Waals surface area contributed by atoms with E-state index in [9.17, 15) is 0 Å². The van der Waals surface area contributed by atoms with E-state index in [0.717, 1.165) is 57.9 Å². The molecule has 1 fully saturated rings. The van der Waals surface area contributed by atoms with Crippen molar-refractivity contribution in [3.05, 3.63) is 29.6 Å². The van der Waals surface area contributed by atoms with E-state index >= 15 is 0 Å². The lowest BCUT2D eigenvalue weighted by Crippen LogP contribution is -2.36. The molecule has 0 radical (unpaired) electrons. The third-order valence-electron chi connectivity index (χ3n) is 3.74. The first kappa shape index (κ1) is 15.4. The van der Waals surface area contributed by atoms with Crippen LogP contribution < -0.4 is 5.32 Å². The summed E-state index contributed by atoms with van der Waals surface area (Å²) in [6.07, 6.45) is 2.75. The third kappa shape index (κ3) is 4.85. The highest BCUT2D eigenvalue weighted by molar-refractivity contribution is 5.11. The molecule has 1 aliphatic heterocycles. The minimum atomic E-state index is 0.462. The van der Waals surface area contributed by atoms with Gasteiger partial charge in [-0.05, 0) is 38.4 Å². The van der Waals surface area contributed by atoms with Crippen molar-refractivity contribution in [2.45, 2.75) is 45.9 Å². The molecule has 112 valence electrons. The van der Waals surface area contributed by atoms with E-state index in [0.29, 0.717) is 6.10 Å². The largest absolute Gasteiger partial charge is 0.378 e. The number of hydrogen-bond donors (Lipinski definition) is 1. The van der Waals surface area contributed by atoms with Gasteiger partial charge in [-0.15, -0.1) is 0 Å². The summed E-state index contributed by atoms with van der Waals surface area (Å²) in [6, 6.07) is 6.33. The molecule has 2 heterocycles. The Morgan fingerprint density at radius 1 is 1.25 bits per heavy atom. The molecule has 4 heteroatoms. The molecule has 0 aliphatic carbocycles. The lowest BCUT2D eigenvalue weighted by atomic mass is 10.1. The fourth-order valence-corrected chi connectivity index (χ4v) is 2.67. The van der Waals surface area contributed by atoms with Crippen LogP contribution in [0.5, 0.6) is 0 Å². The Labute approximate surface area is 122 Å². The van der Waals surface area contributed by atoms with Crippen LogP contribution in [0, 0.1) is 0 Å². The normalized spacial score (nSPS) is 17.5. The zero-order chi connectivity index (χ0) is 14.2. The van der Waals surface area contributed by atoms with Gasteiger partial charge in [-0.2, -0.15) is 0 Å². The lowest BCUT2D eigenvalue weighted by molar-refractivity contribution is 0.0122. The van der Waals surface area contributed by atoms with E-state index < -0.39 is 0 Å². The zero-order valence-electron chi connectivity index (χ0n) is 12.8. The molecule has 1 saturated heterocycles. The Bertz CT molecular complexity index is 389. The first-order chi connectivity index (χ1) is 9.81. The SMILES string of the molecule is CCNCc1cccc(CN2CCC(OCC)CC2)n1. The Morgan fingerprint density at radius 2 is 2.00 bits per heavy atom. The van der Waals surface area contributed by atoms with Gasteiger partial charge in [-0.3, -0.25) is 9.88 Å². The van der Waals surface area contributed by atoms with Gasteiger partial charge in [0.05, 0.1) is 17.5 Å². The second kappa shape index (κ2) is 8.35. The maximum atomic E-state index is 5.69. The third-order valence-corrected chi connectivity index (χ3v) is 3.74. The summed E-state index contributed by atoms with van der Waals surface area (Å²) >= 11 is 0. The van der Waals surface area contributed by atoms with Crippen molar-refractivity contribution < 1.29 is 4.74 Å². The van der Waals surface area contributed by atoms with Gasteiger partial charge in [0.25, 0.3) is 0 Å². The number of aromatic nitrogens is 1. The zero-order valence-corrected chi connectivity index (χ0v) is 12.8. The number of likely N-dealkylation sites (tertiary alicyclic amines) is 1. The van der Waals surface area contributed by atoms with Crippen molar-refractivity contribution in [2.75, 3.05) is 26.2 Å². The van der Waals surface area contributed by atoms with Gasteiger partial charge < -0.3 is 10.1 Å². The van der Waals surface area contributed by atoms with Crippen molar-refractivity contribution in [1.82, 2.24) is 15.2 Å². The van der Waals surface area contributed by atoms with Crippen molar-refractivity contribution >= 4 is 0 Å². The fourth-order valence-electron chi connectivity index (χ4n) is 2.67. The van der Waals surface area contributed by atoms with Gasteiger partial charge >= 0.3 is 0 Å². The second-order valence-corrected chi connectivity index (χ2v) is 5.33. The van der Waals surface area contributed by atoms with Crippen LogP contribution in [0.25, 0.3) is 0 Å². The Hall–Kier alpha value is -0.970. The lowest BCUT2D eigenvalue weighted by Gasteiger charge is -2.31. The molecule has 20 heavy (non-hydrogen) atoms. The molecule has 1 aliphatic rings. The van der Waals surface area contributed by atoms with Gasteiger partial charge in [0.15, 0.2) is 0 Å². The van der Waals surface area contributed by atoms with Crippen molar-refractivity contribution in [3.8, 4) is 0 Å². The van der Waals surface area contributed by atoms with Gasteiger partial charge in [-0.1, -0.05) is 13.0 Å². The second-order valence-electron chi connectivity index (χ2n) is 5.33. The molecular weight excluding hydrogens is 250 g/mol. The minimum Gasteiger partial charge on any atom is -0.378 e. The summed E-state index contributed by atoms with van der Waals surface area (Å²) in [5.41, 5.74) is 2.31. The standard InChI is InChI=1S/C16H27N3O/c1-3-17-12-14-6-5-7-15(18-14)13-19-10-8-16(9-11-19)20-4-2/h5-7,16-17H,3-4,8-13H2,1-2H3. The van der Waals surface area contributed by atoms with Crippen LogP contribution in [0.1, 0.15) is 38.1 Å². The predicted octanol–water partition coefficient (Wildman–Crippen LogP) is 2.19. The van der Waals surface area contributed by atoms with E-state index in [4.69, 9.17) is 9.72 Å². The van der Waals surface area contributed by atoms with Crippen LogP contribution in [-0.4, -0.2) is 42.2 Å². The van der Waals surface area contributed by atoms with E-state index in [1.807, 2.05) is 0 Å². The maximum Gasteiger partial charge on any atom is 0.0599 e. The molecule has 0 atom stereocenters. The summed E-state index contributed by atoms with van der Waals surface area (Å²) in [7, 11) is 0. The van der Waals surface area contributed by atoms with E-state index in [2.05, 4.69) is 42.3 Å². The Morgan fingerprint density at radius 3 is 2.70 bits per heavy atom. The van der Waals surface area contributed by atoms with Crippen LogP contribution in [0.2, 0.25) is 0 Å². The summed E-state index contributed by atoms with van der Waals surface area (Å²) in [6.45, 7) is 10.1. The topological polar surface area (TPSA) is 37.4 Å². The minimum absolute atomic E-state index is 0.462. The van der Waals surface area contributed by atoms with Gasteiger partial charge in [-0.25, -0.2) is 0 Å². The van der Waals surface area contributed by atoms with Gasteiger partial charge in [0.2, 0.25) is 0 Å². The molecule has 0 bridgehead atoms. The maximum absolute atomic E-state index is 5.69. The number of nitrogens with one attached hydrogen (secondary N) is 1. The summed E-state index contributed by atoms with van der Waals surface area (Å²) in [4.78, 5) is 7.21. The molecule has 4 nitrogen and oxygen atoms in total. The van der Waals surface area contributed by atoms with Gasteiger partial charge in [0, 0.05) is 32.8 Å². The molecule has 2 rings (SSSR count). The molecule has 1 aromatic heterocycles. The van der Waals surface area contributed by atoms with Gasteiger partial charge in [0.1, 0.15) is 0 Å². The van der Waals surface area contributed by atoms with Crippen molar-refractivity contribution in [1.29, 1.82) is 0 Å². The molecule has 0 aromatic carbocycles. The monoisotopic (exact) mass is 277 g/mol. The first-order valence-electron chi connectivity index (χ1n) is 7.81. The smallest absolute Gasteiger partial charge is 0.0599 e. The Balaban J connectivity index is 1.81. The summed E-state index contributed by atoms with van der Waals surface area (Å²) < 4.78 is 5.69. The highest BCUT2D eigenvalue weighted by Gasteiger charge is 2.19. The quantitative estimate of drug-likeness (QED) is 0.829. The number of pyridine rings is 1. The van der Waals surface area contributed by atoms with Crippen LogP contribution in [0.3, 0.4) is 0 Å². The number of hydrogen-bond acceptors (Lipinski definition) is 4. The average molecular weight is 277 g/mol. The van der Waals surface area contributed by atoms with Crippen molar-refractivity contribution in [3.63, 3.8) is 0 Å². The molecule has 0 amide bonds. The predicted molar refractivity (Wildman–Crippen MR) is 81.5 cm³/mol. The van der Waals surface area contributed by atoms with Crippen LogP contribution >= 0.6 is 0 Å². The molecule has 0 saturated carbocycles. The first-order valence-corrected chi connectivity index (χ1v) is 7.81. The summed E-state index contributed by atoms with van der Waals surface area (Å²) in [5.74, 6) is 0.